The Hall–Kier alpha value is -1.92. The van der Waals surface area contributed by atoms with E-state index in [0.29, 0.717) is 13.0 Å². The van der Waals surface area contributed by atoms with Gasteiger partial charge in [0, 0.05) is 19.4 Å². The van der Waals surface area contributed by atoms with Gasteiger partial charge in [-0.1, -0.05) is 12.1 Å². The second-order valence-electron chi connectivity index (χ2n) is 4.94. The molecule has 0 spiro atoms. The van der Waals surface area contributed by atoms with E-state index < -0.39 is 5.97 Å². The van der Waals surface area contributed by atoms with E-state index in [9.17, 15) is 9.59 Å². The first-order chi connectivity index (χ1) is 10.1. The van der Waals surface area contributed by atoms with Crippen molar-refractivity contribution in [1.82, 2.24) is 5.48 Å². The van der Waals surface area contributed by atoms with E-state index >= 15 is 0 Å². The van der Waals surface area contributed by atoms with Crippen LogP contribution in [0, 0.1) is 0 Å². The molecule has 6 heteroatoms. The number of rotatable bonds is 6. The molecule has 0 saturated carbocycles. The Balaban J connectivity index is 1.69. The molecule has 114 valence electrons. The Morgan fingerprint density at radius 3 is 2.67 bits per heavy atom. The number of carbonyl (C=O) groups is 2. The zero-order valence-corrected chi connectivity index (χ0v) is 11.7. The first-order valence-corrected chi connectivity index (χ1v) is 7.03. The van der Waals surface area contributed by atoms with E-state index in [2.05, 4.69) is 5.48 Å². The van der Waals surface area contributed by atoms with Crippen molar-refractivity contribution in [3.8, 4) is 0 Å². The van der Waals surface area contributed by atoms with Crippen LogP contribution in [0.2, 0.25) is 0 Å². The van der Waals surface area contributed by atoms with Crippen LogP contribution in [0.25, 0.3) is 0 Å². The van der Waals surface area contributed by atoms with Gasteiger partial charge in [0.1, 0.15) is 0 Å². The molecular formula is C15H19NO5. The quantitative estimate of drug-likeness (QED) is 0.782. The molecule has 2 N–H and O–H groups in total. The molecular weight excluding hydrogens is 274 g/mol. The molecule has 2 rings (SSSR count). The molecule has 0 aromatic heterocycles. The first kappa shape index (κ1) is 15.5. The summed E-state index contributed by atoms with van der Waals surface area (Å²) in [5.41, 5.74) is 3.54. The SMILES string of the molecule is O=C(CCc1ccc(C(=O)O)cc1)NOC1CCCCO1. The summed E-state index contributed by atoms with van der Waals surface area (Å²) in [5, 5.41) is 8.80. The van der Waals surface area contributed by atoms with Gasteiger partial charge in [-0.2, -0.15) is 0 Å². The van der Waals surface area contributed by atoms with Crippen LogP contribution in [0.3, 0.4) is 0 Å². The summed E-state index contributed by atoms with van der Waals surface area (Å²) in [7, 11) is 0. The maximum atomic E-state index is 11.6. The monoisotopic (exact) mass is 293 g/mol. The van der Waals surface area contributed by atoms with Crippen molar-refractivity contribution >= 4 is 11.9 Å². The molecule has 1 atom stereocenters. The zero-order valence-electron chi connectivity index (χ0n) is 11.7. The van der Waals surface area contributed by atoms with Gasteiger partial charge in [-0.05, 0) is 37.0 Å². The van der Waals surface area contributed by atoms with Gasteiger partial charge in [0.15, 0.2) is 6.29 Å². The van der Waals surface area contributed by atoms with Crippen molar-refractivity contribution in [2.75, 3.05) is 6.61 Å². The number of hydrogen-bond acceptors (Lipinski definition) is 4. The summed E-state index contributed by atoms with van der Waals surface area (Å²) < 4.78 is 5.33. The number of aromatic carboxylic acids is 1. The minimum atomic E-state index is -0.958. The normalized spacial score (nSPS) is 18.2. The third-order valence-corrected chi connectivity index (χ3v) is 3.28. The lowest BCUT2D eigenvalue weighted by atomic mass is 10.1. The van der Waals surface area contributed by atoms with Crippen LogP contribution in [-0.2, 0) is 20.8 Å². The molecule has 1 fully saturated rings. The number of benzene rings is 1. The van der Waals surface area contributed by atoms with Crippen LogP contribution >= 0.6 is 0 Å². The first-order valence-electron chi connectivity index (χ1n) is 7.03. The number of aryl methyl sites for hydroxylation is 1. The van der Waals surface area contributed by atoms with E-state index in [0.717, 1.165) is 24.8 Å². The predicted molar refractivity (Wildman–Crippen MR) is 74.5 cm³/mol. The van der Waals surface area contributed by atoms with Gasteiger partial charge in [0.05, 0.1) is 5.56 Å². The third-order valence-electron chi connectivity index (χ3n) is 3.28. The Labute approximate surface area is 123 Å². The van der Waals surface area contributed by atoms with Crippen LogP contribution < -0.4 is 5.48 Å². The summed E-state index contributed by atoms with van der Waals surface area (Å²) in [5.74, 6) is -1.17. The maximum absolute atomic E-state index is 11.6. The van der Waals surface area contributed by atoms with Crippen LogP contribution in [0.4, 0.5) is 0 Å². The van der Waals surface area contributed by atoms with Crippen molar-refractivity contribution in [2.45, 2.75) is 38.4 Å². The lowest BCUT2D eigenvalue weighted by Crippen LogP contribution is -2.33. The second-order valence-corrected chi connectivity index (χ2v) is 4.94. The lowest BCUT2D eigenvalue weighted by molar-refractivity contribution is -0.200. The summed E-state index contributed by atoms with van der Waals surface area (Å²) >= 11 is 0. The average molecular weight is 293 g/mol. The van der Waals surface area contributed by atoms with Crippen molar-refractivity contribution < 1.29 is 24.3 Å². The van der Waals surface area contributed by atoms with Crippen LogP contribution in [0.5, 0.6) is 0 Å². The Morgan fingerprint density at radius 1 is 1.29 bits per heavy atom. The van der Waals surface area contributed by atoms with Crippen molar-refractivity contribution in [3.05, 3.63) is 35.4 Å². The van der Waals surface area contributed by atoms with Gasteiger partial charge in [-0.3, -0.25) is 4.79 Å². The zero-order chi connectivity index (χ0) is 15.1. The summed E-state index contributed by atoms with van der Waals surface area (Å²) in [4.78, 5) is 27.6. The molecule has 1 aliphatic heterocycles. The number of nitrogens with one attached hydrogen (secondary N) is 1. The van der Waals surface area contributed by atoms with Gasteiger partial charge in [0.25, 0.3) is 0 Å². The van der Waals surface area contributed by atoms with Crippen molar-refractivity contribution in [2.24, 2.45) is 0 Å². The lowest BCUT2D eigenvalue weighted by Gasteiger charge is -2.22. The molecule has 1 amide bonds. The number of carboxylic acid groups (broad SMARTS) is 1. The molecule has 1 unspecified atom stereocenters. The smallest absolute Gasteiger partial charge is 0.335 e. The minimum Gasteiger partial charge on any atom is -0.478 e. The van der Waals surface area contributed by atoms with E-state index in [1.165, 1.54) is 12.1 Å². The number of hydroxylamine groups is 1. The number of carboxylic acids is 1. The highest BCUT2D eigenvalue weighted by Gasteiger charge is 2.15. The van der Waals surface area contributed by atoms with Crippen LogP contribution in [0.15, 0.2) is 24.3 Å². The summed E-state index contributed by atoms with van der Waals surface area (Å²) in [6, 6.07) is 6.48. The van der Waals surface area contributed by atoms with E-state index in [4.69, 9.17) is 14.7 Å². The molecule has 1 aromatic rings. The maximum Gasteiger partial charge on any atom is 0.335 e. The van der Waals surface area contributed by atoms with E-state index in [1.807, 2.05) is 0 Å². The van der Waals surface area contributed by atoms with Gasteiger partial charge < -0.3 is 9.84 Å². The van der Waals surface area contributed by atoms with E-state index in [-0.39, 0.29) is 24.2 Å². The fraction of sp³-hybridized carbons (Fsp3) is 0.467. The molecule has 0 radical (unpaired) electrons. The van der Waals surface area contributed by atoms with Crippen LogP contribution in [0.1, 0.15) is 41.6 Å². The number of ether oxygens (including phenoxy) is 1. The van der Waals surface area contributed by atoms with Gasteiger partial charge in [-0.15, -0.1) is 0 Å². The number of carbonyl (C=O) groups excluding carboxylic acids is 1. The molecule has 21 heavy (non-hydrogen) atoms. The standard InChI is InChI=1S/C15H19NO5/c17-13(16-21-14-3-1-2-10-20-14)9-6-11-4-7-12(8-5-11)15(18)19/h4-5,7-8,14H,1-3,6,9-10H2,(H,16,17)(H,18,19). The van der Waals surface area contributed by atoms with Crippen LogP contribution in [-0.4, -0.2) is 29.9 Å². The Kier molecular flexibility index (Phi) is 5.71. The molecule has 1 aromatic carbocycles. The number of hydrogen-bond donors (Lipinski definition) is 2. The topological polar surface area (TPSA) is 84.9 Å². The van der Waals surface area contributed by atoms with Gasteiger partial charge in [-0.25, -0.2) is 15.1 Å². The average Bonchev–Trinajstić information content (AvgIpc) is 2.52. The fourth-order valence-electron chi connectivity index (χ4n) is 2.06. The van der Waals surface area contributed by atoms with E-state index in [1.54, 1.807) is 12.1 Å². The Bertz CT molecular complexity index is 479. The molecule has 1 aliphatic rings. The highest BCUT2D eigenvalue weighted by atomic mass is 16.8. The summed E-state index contributed by atoms with van der Waals surface area (Å²) in [6.45, 7) is 0.663. The highest BCUT2D eigenvalue weighted by molar-refractivity contribution is 5.87. The number of amides is 1. The molecule has 0 aliphatic carbocycles. The van der Waals surface area contributed by atoms with Crippen molar-refractivity contribution in [3.63, 3.8) is 0 Å². The van der Waals surface area contributed by atoms with Crippen molar-refractivity contribution in [1.29, 1.82) is 0 Å². The largest absolute Gasteiger partial charge is 0.478 e. The minimum absolute atomic E-state index is 0.216. The molecule has 0 bridgehead atoms. The van der Waals surface area contributed by atoms with Gasteiger partial charge in [0.2, 0.25) is 5.91 Å². The van der Waals surface area contributed by atoms with Gasteiger partial charge >= 0.3 is 5.97 Å². The fourth-order valence-corrected chi connectivity index (χ4v) is 2.06. The second kappa shape index (κ2) is 7.75. The Morgan fingerprint density at radius 2 is 2.05 bits per heavy atom. The molecule has 1 saturated heterocycles. The molecule has 1 heterocycles. The summed E-state index contributed by atoms with van der Waals surface area (Å²) in [6.07, 6.45) is 3.31. The predicted octanol–water partition coefficient (Wildman–Crippen LogP) is 1.89. The third kappa shape index (κ3) is 5.17. The molecule has 6 nitrogen and oxygen atoms in total. The highest BCUT2D eigenvalue weighted by Crippen LogP contribution is 2.12.